The number of carboxylic acids is 1. The van der Waals surface area contributed by atoms with Gasteiger partial charge in [-0.25, -0.2) is 4.79 Å². The first-order valence-electron chi connectivity index (χ1n) is 3.52. The number of aryl methyl sites for hydroxylation is 1. The van der Waals surface area contributed by atoms with E-state index in [0.29, 0.717) is 0 Å². The Hall–Kier alpha value is -0.510. The molecule has 0 aliphatic heterocycles. The van der Waals surface area contributed by atoms with Crippen LogP contribution in [0.5, 0.6) is 0 Å². The maximum Gasteiger partial charge on any atom is 0.356 e. The molecule has 0 amide bonds. The molecule has 6 heteroatoms. The van der Waals surface area contributed by atoms with E-state index in [9.17, 15) is 4.79 Å². The summed E-state index contributed by atoms with van der Waals surface area (Å²) < 4.78 is -2.17. The molecule has 78 valence electrons. The van der Waals surface area contributed by atoms with Crippen LogP contribution in [0.2, 0.25) is 0 Å². The fourth-order valence-corrected chi connectivity index (χ4v) is 0.448. The van der Waals surface area contributed by atoms with Crippen LogP contribution in [0.1, 0.15) is 5.69 Å². The van der Waals surface area contributed by atoms with Gasteiger partial charge in [0.1, 0.15) is 0 Å². The minimum absolute atomic E-state index is 1.07. The Morgan fingerprint density at radius 1 is 1.43 bits per heavy atom. The lowest BCUT2D eigenvalue weighted by Crippen LogP contribution is -2.16. The van der Waals surface area contributed by atoms with Crippen LogP contribution in [0.4, 0.5) is 0 Å². The molecule has 0 saturated heterocycles. The first-order valence-corrected chi connectivity index (χ1v) is 4.65. The van der Waals surface area contributed by atoms with Gasteiger partial charge in [-0.05, 0) is 19.1 Å². The zero-order valence-electron chi connectivity index (χ0n) is 7.25. The third-order valence-corrected chi connectivity index (χ3v) is 1.54. The quantitative estimate of drug-likeness (QED) is 0.726. The summed E-state index contributed by atoms with van der Waals surface area (Å²) in [5.74, 6) is -1.46. The number of nitrogens with zero attached hydrogens (tertiary/aromatic N) is 1. The zero-order valence-corrected chi connectivity index (χ0v) is 9.51. The van der Waals surface area contributed by atoms with Gasteiger partial charge in [-0.2, -0.15) is 0 Å². The first-order chi connectivity index (χ1) is 6.34. The van der Waals surface area contributed by atoms with Crippen molar-refractivity contribution >= 4 is 40.8 Å². The Morgan fingerprint density at radius 2 is 1.93 bits per heavy atom. The third-order valence-electron chi connectivity index (χ3n) is 1.06. The molecule has 0 unspecified atom stereocenters. The van der Waals surface area contributed by atoms with Gasteiger partial charge in [0.2, 0.25) is 0 Å². The zero-order chi connectivity index (χ0) is 11.2. The molecule has 1 heterocycles. The number of halogens is 3. The number of aromatic nitrogens is 1. The lowest BCUT2D eigenvalue weighted by atomic mass is 10.4. The maximum atomic E-state index is 9.62. The van der Waals surface area contributed by atoms with E-state index in [-0.39, 0.29) is 0 Å². The number of carbonyl (C=O) groups is 1. The second kappa shape index (κ2) is 6.06. The Balaban J connectivity index is 0.000000241. The predicted octanol–water partition coefficient (Wildman–Crippen LogP) is 2.83. The maximum absolute atomic E-state index is 9.62. The topological polar surface area (TPSA) is 50.2 Å². The largest absolute Gasteiger partial charge is 0.478 e. The van der Waals surface area contributed by atoms with E-state index in [1.807, 2.05) is 25.1 Å². The molecule has 0 spiro atoms. The molecule has 0 atom stereocenters. The van der Waals surface area contributed by atoms with Gasteiger partial charge in [-0.1, -0.05) is 40.9 Å². The van der Waals surface area contributed by atoms with E-state index in [1.165, 1.54) is 0 Å². The number of aliphatic carboxylic acids is 1. The average Bonchev–Trinajstić information content (AvgIpc) is 2.04. The van der Waals surface area contributed by atoms with Crippen molar-refractivity contribution in [1.29, 1.82) is 0 Å². The lowest BCUT2D eigenvalue weighted by Gasteiger charge is -1.99. The summed E-state index contributed by atoms with van der Waals surface area (Å²) >= 11 is 14.4. The van der Waals surface area contributed by atoms with E-state index in [4.69, 9.17) is 39.9 Å². The highest BCUT2D eigenvalue weighted by molar-refractivity contribution is 6.75. The van der Waals surface area contributed by atoms with Crippen molar-refractivity contribution in [3.63, 3.8) is 0 Å². The van der Waals surface area contributed by atoms with Gasteiger partial charge in [-0.15, -0.1) is 0 Å². The molecule has 1 rings (SSSR count). The van der Waals surface area contributed by atoms with E-state index in [1.54, 1.807) is 6.20 Å². The molecule has 0 fully saturated rings. The van der Waals surface area contributed by atoms with Gasteiger partial charge in [-0.3, -0.25) is 4.98 Å². The number of alkyl halides is 3. The van der Waals surface area contributed by atoms with E-state index in [2.05, 4.69) is 4.98 Å². The first kappa shape index (κ1) is 13.5. The van der Waals surface area contributed by atoms with Gasteiger partial charge in [0.25, 0.3) is 3.79 Å². The second-order valence-corrected chi connectivity index (χ2v) is 4.56. The highest BCUT2D eigenvalue weighted by Gasteiger charge is 2.29. The molecule has 0 aliphatic carbocycles. The Morgan fingerprint density at radius 3 is 2.07 bits per heavy atom. The summed E-state index contributed by atoms with van der Waals surface area (Å²) in [4.78, 5) is 13.6. The van der Waals surface area contributed by atoms with Gasteiger partial charge in [0, 0.05) is 11.9 Å². The van der Waals surface area contributed by atoms with Crippen molar-refractivity contribution in [3.8, 4) is 0 Å². The van der Waals surface area contributed by atoms with Crippen LogP contribution in [0.25, 0.3) is 0 Å². The summed E-state index contributed by atoms with van der Waals surface area (Å²) in [6.07, 6.45) is 1.79. The van der Waals surface area contributed by atoms with Crippen molar-refractivity contribution in [3.05, 3.63) is 30.1 Å². The summed E-state index contributed by atoms with van der Waals surface area (Å²) in [5.41, 5.74) is 1.07. The van der Waals surface area contributed by atoms with E-state index < -0.39 is 9.76 Å². The smallest absolute Gasteiger partial charge is 0.356 e. The van der Waals surface area contributed by atoms with Gasteiger partial charge in [0.05, 0.1) is 0 Å². The summed E-state index contributed by atoms with van der Waals surface area (Å²) in [6, 6.07) is 5.86. The van der Waals surface area contributed by atoms with Crippen LogP contribution in [0.3, 0.4) is 0 Å². The lowest BCUT2D eigenvalue weighted by molar-refractivity contribution is -0.135. The fourth-order valence-electron chi connectivity index (χ4n) is 0.448. The third kappa shape index (κ3) is 6.95. The fraction of sp³-hybridized carbons (Fsp3) is 0.250. The van der Waals surface area contributed by atoms with Gasteiger partial charge in [0.15, 0.2) is 0 Å². The SMILES string of the molecule is Cc1ccccn1.O=C(O)C(Cl)(Cl)Cl. The van der Waals surface area contributed by atoms with E-state index in [0.717, 1.165) is 5.69 Å². The number of hydrogen-bond acceptors (Lipinski definition) is 2. The monoisotopic (exact) mass is 255 g/mol. The van der Waals surface area contributed by atoms with Crippen molar-refractivity contribution in [1.82, 2.24) is 4.98 Å². The average molecular weight is 257 g/mol. The predicted molar refractivity (Wildman–Crippen MR) is 56.9 cm³/mol. The molecule has 0 saturated carbocycles. The van der Waals surface area contributed by atoms with Gasteiger partial charge < -0.3 is 5.11 Å². The number of hydrogen-bond donors (Lipinski definition) is 1. The standard InChI is InChI=1S/C6H7N.C2HCl3O2/c1-6-4-2-3-5-7-6;3-2(4,5)1(6)7/h2-5H,1H3;(H,6,7). The van der Waals surface area contributed by atoms with Crippen LogP contribution < -0.4 is 0 Å². The minimum atomic E-state index is -2.17. The molecule has 0 bridgehead atoms. The van der Waals surface area contributed by atoms with Crippen molar-refractivity contribution < 1.29 is 9.90 Å². The second-order valence-electron chi connectivity index (χ2n) is 2.27. The molecule has 1 N–H and O–H groups in total. The molecule has 0 radical (unpaired) electrons. The van der Waals surface area contributed by atoms with Gasteiger partial charge >= 0.3 is 5.97 Å². The highest BCUT2D eigenvalue weighted by atomic mass is 35.6. The van der Waals surface area contributed by atoms with Crippen LogP contribution in [-0.2, 0) is 4.79 Å². The summed E-state index contributed by atoms with van der Waals surface area (Å²) in [5, 5.41) is 7.85. The van der Waals surface area contributed by atoms with E-state index >= 15 is 0 Å². The molecule has 1 aromatic rings. The number of rotatable bonds is 0. The Bertz CT molecular complexity index is 284. The number of pyridine rings is 1. The molecule has 0 aromatic carbocycles. The van der Waals surface area contributed by atoms with Crippen molar-refractivity contribution in [2.75, 3.05) is 0 Å². The molecule has 1 aromatic heterocycles. The van der Waals surface area contributed by atoms with Crippen LogP contribution in [0, 0.1) is 6.92 Å². The van der Waals surface area contributed by atoms with Crippen LogP contribution in [-0.4, -0.2) is 19.9 Å². The molecule has 0 aliphatic rings. The molecular weight excluding hydrogens is 248 g/mol. The highest BCUT2D eigenvalue weighted by Crippen LogP contribution is 2.25. The molecule has 14 heavy (non-hydrogen) atoms. The number of carboxylic acid groups (broad SMARTS) is 1. The van der Waals surface area contributed by atoms with Crippen LogP contribution >= 0.6 is 34.8 Å². The molecular formula is C8H8Cl3NO2. The Kier molecular flexibility index (Phi) is 5.84. The Labute approximate surface area is 96.6 Å². The molecule has 3 nitrogen and oxygen atoms in total. The van der Waals surface area contributed by atoms with Crippen molar-refractivity contribution in [2.45, 2.75) is 10.7 Å². The normalized spacial score (nSPS) is 10.0. The summed E-state index contributed by atoms with van der Waals surface area (Å²) in [6.45, 7) is 1.97. The van der Waals surface area contributed by atoms with Crippen LogP contribution in [0.15, 0.2) is 24.4 Å². The minimum Gasteiger partial charge on any atom is -0.478 e. The van der Waals surface area contributed by atoms with Crippen molar-refractivity contribution in [2.24, 2.45) is 0 Å². The summed E-state index contributed by atoms with van der Waals surface area (Å²) in [7, 11) is 0.